The average molecular weight is 302 g/mol. The average Bonchev–Trinajstić information content (AvgIpc) is 3.01. The van der Waals surface area contributed by atoms with Gasteiger partial charge >= 0.3 is 0 Å². The fourth-order valence-electron chi connectivity index (χ4n) is 3.37. The highest BCUT2D eigenvalue weighted by molar-refractivity contribution is 5.79. The second kappa shape index (κ2) is 8.33. The lowest BCUT2D eigenvalue weighted by Crippen LogP contribution is -2.49. The molecule has 0 aliphatic carbocycles. The van der Waals surface area contributed by atoms with Crippen LogP contribution in [0.4, 0.5) is 0 Å². The summed E-state index contributed by atoms with van der Waals surface area (Å²) in [5.74, 6) is 0.742. The minimum absolute atomic E-state index is 0.256. The molecule has 122 valence electrons. The maximum Gasteiger partial charge on any atom is 0.227 e. The number of nitrogens with zero attached hydrogens (tertiary/aromatic N) is 2. The first-order valence-corrected chi connectivity index (χ1v) is 8.67. The van der Waals surface area contributed by atoms with Crippen LogP contribution in [-0.4, -0.2) is 47.9 Å². The van der Waals surface area contributed by atoms with E-state index in [1.807, 2.05) is 30.3 Å². The van der Waals surface area contributed by atoms with E-state index in [1.165, 1.54) is 25.9 Å². The lowest BCUT2D eigenvalue weighted by atomic mass is 10.0. The molecule has 1 atom stereocenters. The molecule has 3 nitrogen and oxygen atoms in total. The Hall–Kier alpha value is -1.35. The molecule has 1 fully saturated rings. The van der Waals surface area contributed by atoms with Crippen LogP contribution in [0.1, 0.15) is 39.2 Å². The summed E-state index contributed by atoms with van der Waals surface area (Å²) in [6.45, 7) is 10.8. The number of rotatable bonds is 7. The number of carbonyl (C=O) groups excluding carboxylic acids is 1. The first kappa shape index (κ1) is 17.0. The molecule has 3 heteroatoms. The number of hydrogen-bond acceptors (Lipinski definition) is 2. The van der Waals surface area contributed by atoms with Crippen molar-refractivity contribution >= 4 is 5.91 Å². The molecule has 0 unspecified atom stereocenters. The molecular formula is C19H30N2O. The monoisotopic (exact) mass is 302 g/mol. The first-order valence-electron chi connectivity index (χ1n) is 8.67. The molecule has 0 radical (unpaired) electrons. The minimum Gasteiger partial charge on any atom is -0.338 e. The third-order valence-electron chi connectivity index (χ3n) is 4.67. The van der Waals surface area contributed by atoms with Gasteiger partial charge in [0.25, 0.3) is 0 Å². The summed E-state index contributed by atoms with van der Waals surface area (Å²) in [4.78, 5) is 17.4. The van der Waals surface area contributed by atoms with E-state index in [0.29, 0.717) is 18.4 Å². The third kappa shape index (κ3) is 4.57. The van der Waals surface area contributed by atoms with Gasteiger partial charge in [0.15, 0.2) is 0 Å². The third-order valence-corrected chi connectivity index (χ3v) is 4.67. The van der Waals surface area contributed by atoms with E-state index in [-0.39, 0.29) is 5.91 Å². The normalized spacial score (nSPS) is 16.9. The number of benzene rings is 1. The lowest BCUT2D eigenvalue weighted by Gasteiger charge is -2.36. The number of carbonyl (C=O) groups is 1. The van der Waals surface area contributed by atoms with Crippen molar-refractivity contribution in [3.05, 3.63) is 35.9 Å². The summed E-state index contributed by atoms with van der Waals surface area (Å²) in [7, 11) is 0. The molecule has 0 spiro atoms. The van der Waals surface area contributed by atoms with Gasteiger partial charge in [-0.25, -0.2) is 0 Å². The van der Waals surface area contributed by atoms with Gasteiger partial charge in [-0.15, -0.1) is 0 Å². The number of likely N-dealkylation sites (N-methyl/N-ethyl adjacent to an activating group) is 1. The van der Waals surface area contributed by atoms with E-state index in [4.69, 9.17) is 0 Å². The molecule has 1 saturated heterocycles. The fraction of sp³-hybridized carbons (Fsp3) is 0.632. The van der Waals surface area contributed by atoms with Gasteiger partial charge in [0.05, 0.1) is 6.42 Å². The summed E-state index contributed by atoms with van der Waals surface area (Å²) >= 11 is 0. The van der Waals surface area contributed by atoms with Gasteiger partial charge in [-0.1, -0.05) is 44.2 Å². The molecule has 0 saturated carbocycles. The van der Waals surface area contributed by atoms with Crippen molar-refractivity contribution in [2.45, 2.75) is 46.1 Å². The van der Waals surface area contributed by atoms with Gasteiger partial charge in [0, 0.05) is 19.1 Å². The Morgan fingerprint density at radius 1 is 1.18 bits per heavy atom. The van der Waals surface area contributed by atoms with E-state index in [1.54, 1.807) is 0 Å². The zero-order valence-corrected chi connectivity index (χ0v) is 14.3. The molecule has 1 amide bonds. The van der Waals surface area contributed by atoms with Crippen LogP contribution in [0.2, 0.25) is 0 Å². The van der Waals surface area contributed by atoms with Gasteiger partial charge in [-0.2, -0.15) is 0 Å². The van der Waals surface area contributed by atoms with Gasteiger partial charge in [0.2, 0.25) is 5.91 Å². The molecular weight excluding hydrogens is 272 g/mol. The molecule has 1 aliphatic rings. The van der Waals surface area contributed by atoms with Crippen molar-refractivity contribution in [1.82, 2.24) is 9.80 Å². The summed E-state index contributed by atoms with van der Waals surface area (Å²) < 4.78 is 0. The zero-order valence-electron chi connectivity index (χ0n) is 14.3. The van der Waals surface area contributed by atoms with Gasteiger partial charge in [0.1, 0.15) is 0 Å². The molecule has 1 heterocycles. The molecule has 1 aromatic carbocycles. The van der Waals surface area contributed by atoms with Crippen LogP contribution in [0.3, 0.4) is 0 Å². The number of amides is 1. The Morgan fingerprint density at radius 2 is 1.82 bits per heavy atom. The van der Waals surface area contributed by atoms with Crippen molar-refractivity contribution in [2.24, 2.45) is 5.92 Å². The van der Waals surface area contributed by atoms with Gasteiger partial charge in [-0.05, 0) is 44.3 Å². The van der Waals surface area contributed by atoms with E-state index in [9.17, 15) is 4.79 Å². The maximum absolute atomic E-state index is 12.8. The molecule has 0 N–H and O–H groups in total. The SMILES string of the molecule is CCN(C(=O)Cc1ccccc1)[C@H](CN1CCCC1)C(C)C. The van der Waals surface area contributed by atoms with Gasteiger partial charge < -0.3 is 9.80 Å². The molecule has 0 aromatic heterocycles. The minimum atomic E-state index is 0.256. The smallest absolute Gasteiger partial charge is 0.227 e. The Morgan fingerprint density at radius 3 is 2.36 bits per heavy atom. The number of likely N-dealkylation sites (tertiary alicyclic amines) is 1. The van der Waals surface area contributed by atoms with Crippen molar-refractivity contribution in [2.75, 3.05) is 26.2 Å². The van der Waals surface area contributed by atoms with Crippen molar-refractivity contribution in [3.63, 3.8) is 0 Å². The van der Waals surface area contributed by atoms with E-state index in [2.05, 4.69) is 30.6 Å². The van der Waals surface area contributed by atoms with E-state index < -0.39 is 0 Å². The fourth-order valence-corrected chi connectivity index (χ4v) is 3.37. The predicted octanol–water partition coefficient (Wildman–Crippen LogP) is 3.20. The largest absolute Gasteiger partial charge is 0.338 e. The summed E-state index contributed by atoms with van der Waals surface area (Å²) in [6, 6.07) is 10.4. The molecule has 2 rings (SSSR count). The zero-order chi connectivity index (χ0) is 15.9. The van der Waals surface area contributed by atoms with Crippen LogP contribution in [-0.2, 0) is 11.2 Å². The standard InChI is InChI=1S/C19H30N2O/c1-4-21(19(22)14-17-10-6-5-7-11-17)18(16(2)3)15-20-12-8-9-13-20/h5-7,10-11,16,18H,4,8-9,12-15H2,1-3H3/t18-/m1/s1. The highest BCUT2D eigenvalue weighted by atomic mass is 16.2. The summed E-state index contributed by atoms with van der Waals surface area (Å²) in [6.07, 6.45) is 3.11. The highest BCUT2D eigenvalue weighted by Gasteiger charge is 2.27. The van der Waals surface area contributed by atoms with Crippen molar-refractivity contribution in [3.8, 4) is 0 Å². The molecule has 1 aliphatic heterocycles. The summed E-state index contributed by atoms with van der Waals surface area (Å²) in [5, 5.41) is 0. The van der Waals surface area contributed by atoms with E-state index in [0.717, 1.165) is 18.7 Å². The van der Waals surface area contributed by atoms with Crippen LogP contribution >= 0.6 is 0 Å². The Bertz CT molecular complexity index is 452. The Balaban J connectivity index is 2.03. The van der Waals surface area contributed by atoms with Crippen molar-refractivity contribution < 1.29 is 4.79 Å². The molecule has 0 bridgehead atoms. The van der Waals surface area contributed by atoms with E-state index >= 15 is 0 Å². The number of hydrogen-bond donors (Lipinski definition) is 0. The summed E-state index contributed by atoms with van der Waals surface area (Å²) in [5.41, 5.74) is 1.11. The quantitative estimate of drug-likeness (QED) is 0.772. The van der Waals surface area contributed by atoms with Crippen LogP contribution in [0, 0.1) is 5.92 Å². The van der Waals surface area contributed by atoms with Crippen molar-refractivity contribution in [1.29, 1.82) is 0 Å². The van der Waals surface area contributed by atoms with Crippen LogP contribution < -0.4 is 0 Å². The Labute approximate surface area is 135 Å². The van der Waals surface area contributed by atoms with Crippen LogP contribution in [0.5, 0.6) is 0 Å². The van der Waals surface area contributed by atoms with Crippen LogP contribution in [0.25, 0.3) is 0 Å². The van der Waals surface area contributed by atoms with Gasteiger partial charge in [-0.3, -0.25) is 4.79 Å². The Kier molecular flexibility index (Phi) is 6.44. The topological polar surface area (TPSA) is 23.6 Å². The van der Waals surface area contributed by atoms with Crippen LogP contribution in [0.15, 0.2) is 30.3 Å². The lowest BCUT2D eigenvalue weighted by molar-refractivity contribution is -0.134. The first-order chi connectivity index (χ1) is 10.6. The second-order valence-corrected chi connectivity index (χ2v) is 6.66. The molecule has 1 aromatic rings. The molecule has 22 heavy (non-hydrogen) atoms. The predicted molar refractivity (Wildman–Crippen MR) is 91.8 cm³/mol. The second-order valence-electron chi connectivity index (χ2n) is 6.66. The maximum atomic E-state index is 12.8. The highest BCUT2D eigenvalue weighted by Crippen LogP contribution is 2.17.